The van der Waals surface area contributed by atoms with Gasteiger partial charge in [0, 0.05) is 0 Å². The number of rotatable bonds is 3. The van der Waals surface area contributed by atoms with Crippen LogP contribution in [0, 0.1) is 5.41 Å². The third-order valence-electron chi connectivity index (χ3n) is 2.89. The average Bonchev–Trinajstić information content (AvgIpc) is 2.47. The van der Waals surface area contributed by atoms with Crippen molar-refractivity contribution in [3.8, 4) is 0 Å². The van der Waals surface area contributed by atoms with Gasteiger partial charge in [-0.3, -0.25) is 4.79 Å². The van der Waals surface area contributed by atoms with Crippen LogP contribution >= 0.6 is 11.3 Å². The molecule has 0 bridgehead atoms. The van der Waals surface area contributed by atoms with Gasteiger partial charge in [-0.15, -0.1) is 0 Å². The van der Waals surface area contributed by atoms with Crippen molar-refractivity contribution in [1.29, 1.82) is 0 Å². The molecule has 1 fully saturated rings. The standard InChI is InChI=1S/C10H12O2S/c11-9(12)10(3-1-4-10)6-8-2-5-13-7-8/h2,5,7H,1,3-4,6H2,(H,11,12). The quantitative estimate of drug-likeness (QED) is 0.806. The maximum absolute atomic E-state index is 11.0. The lowest BCUT2D eigenvalue weighted by atomic mass is 9.66. The number of carboxylic acid groups (broad SMARTS) is 1. The van der Waals surface area contributed by atoms with Gasteiger partial charge < -0.3 is 5.11 Å². The Morgan fingerprint density at radius 2 is 2.38 bits per heavy atom. The molecular weight excluding hydrogens is 184 g/mol. The molecule has 0 aromatic carbocycles. The van der Waals surface area contributed by atoms with Gasteiger partial charge in [0.1, 0.15) is 0 Å². The first-order chi connectivity index (χ1) is 6.23. The zero-order valence-corrected chi connectivity index (χ0v) is 8.14. The number of thiophene rings is 1. The van der Waals surface area contributed by atoms with Gasteiger partial charge in [-0.2, -0.15) is 11.3 Å². The van der Waals surface area contributed by atoms with Crippen molar-refractivity contribution in [3.63, 3.8) is 0 Å². The second-order valence-electron chi connectivity index (χ2n) is 3.75. The summed E-state index contributed by atoms with van der Waals surface area (Å²) in [5.41, 5.74) is 0.744. The van der Waals surface area contributed by atoms with Gasteiger partial charge >= 0.3 is 5.97 Å². The summed E-state index contributed by atoms with van der Waals surface area (Å²) in [7, 11) is 0. The monoisotopic (exact) mass is 196 g/mol. The molecule has 3 heteroatoms. The lowest BCUT2D eigenvalue weighted by molar-refractivity contribution is -0.154. The lowest BCUT2D eigenvalue weighted by Crippen LogP contribution is -2.39. The van der Waals surface area contributed by atoms with Gasteiger partial charge in [-0.05, 0) is 41.7 Å². The van der Waals surface area contributed by atoms with E-state index in [1.807, 2.05) is 16.8 Å². The van der Waals surface area contributed by atoms with Crippen LogP contribution in [0.15, 0.2) is 16.8 Å². The summed E-state index contributed by atoms with van der Waals surface area (Å²) in [6.45, 7) is 0. The summed E-state index contributed by atoms with van der Waals surface area (Å²) < 4.78 is 0. The zero-order valence-electron chi connectivity index (χ0n) is 7.32. The van der Waals surface area contributed by atoms with Crippen molar-refractivity contribution in [3.05, 3.63) is 22.4 Å². The average molecular weight is 196 g/mol. The second-order valence-corrected chi connectivity index (χ2v) is 4.53. The van der Waals surface area contributed by atoms with Crippen LogP contribution in [-0.4, -0.2) is 11.1 Å². The Kier molecular flexibility index (Phi) is 2.12. The van der Waals surface area contributed by atoms with Crippen molar-refractivity contribution < 1.29 is 9.90 Å². The molecule has 2 rings (SSSR count). The summed E-state index contributed by atoms with van der Waals surface area (Å²) in [6, 6.07) is 2.02. The molecule has 1 N–H and O–H groups in total. The molecule has 13 heavy (non-hydrogen) atoms. The first-order valence-corrected chi connectivity index (χ1v) is 5.42. The molecule has 0 aliphatic heterocycles. The molecule has 1 aromatic rings. The molecule has 0 atom stereocenters. The van der Waals surface area contributed by atoms with E-state index in [2.05, 4.69) is 0 Å². The minimum absolute atomic E-state index is 0.429. The lowest BCUT2D eigenvalue weighted by Gasteiger charge is -2.37. The third-order valence-corrected chi connectivity index (χ3v) is 3.62. The van der Waals surface area contributed by atoms with E-state index in [1.165, 1.54) is 5.56 Å². The van der Waals surface area contributed by atoms with Crippen molar-refractivity contribution >= 4 is 17.3 Å². The zero-order chi connectivity index (χ0) is 9.31. The van der Waals surface area contributed by atoms with Gasteiger partial charge in [-0.25, -0.2) is 0 Å². The fourth-order valence-electron chi connectivity index (χ4n) is 1.85. The maximum Gasteiger partial charge on any atom is 0.309 e. The van der Waals surface area contributed by atoms with Crippen LogP contribution in [0.3, 0.4) is 0 Å². The van der Waals surface area contributed by atoms with Crippen LogP contribution in [-0.2, 0) is 11.2 Å². The van der Waals surface area contributed by atoms with E-state index in [4.69, 9.17) is 5.11 Å². The molecule has 2 nitrogen and oxygen atoms in total. The minimum Gasteiger partial charge on any atom is -0.481 e. The topological polar surface area (TPSA) is 37.3 Å². The molecule has 1 saturated carbocycles. The number of hydrogen-bond acceptors (Lipinski definition) is 2. The molecule has 1 aromatic heterocycles. The first kappa shape index (κ1) is 8.75. The summed E-state index contributed by atoms with van der Waals surface area (Å²) >= 11 is 1.63. The summed E-state index contributed by atoms with van der Waals surface area (Å²) in [6.07, 6.45) is 3.47. The van der Waals surface area contributed by atoms with E-state index in [0.717, 1.165) is 19.3 Å². The number of hydrogen-bond donors (Lipinski definition) is 1. The van der Waals surface area contributed by atoms with E-state index in [0.29, 0.717) is 6.42 Å². The Labute approximate surface area is 81.2 Å². The Balaban J connectivity index is 2.11. The highest BCUT2D eigenvalue weighted by atomic mass is 32.1. The van der Waals surface area contributed by atoms with Crippen LogP contribution in [0.2, 0.25) is 0 Å². The molecule has 0 saturated heterocycles. The highest BCUT2D eigenvalue weighted by Gasteiger charge is 2.44. The van der Waals surface area contributed by atoms with E-state index in [1.54, 1.807) is 11.3 Å². The number of carboxylic acids is 1. The van der Waals surface area contributed by atoms with Crippen molar-refractivity contribution in [2.75, 3.05) is 0 Å². The molecule has 0 spiro atoms. The predicted molar refractivity (Wildman–Crippen MR) is 51.9 cm³/mol. The fourth-order valence-corrected chi connectivity index (χ4v) is 2.52. The molecule has 70 valence electrons. The van der Waals surface area contributed by atoms with Crippen LogP contribution in [0.1, 0.15) is 24.8 Å². The predicted octanol–water partition coefficient (Wildman–Crippen LogP) is 2.55. The van der Waals surface area contributed by atoms with Gasteiger partial charge in [0.2, 0.25) is 0 Å². The third kappa shape index (κ3) is 1.48. The number of carbonyl (C=O) groups is 1. The molecule has 0 radical (unpaired) electrons. The van der Waals surface area contributed by atoms with Crippen molar-refractivity contribution in [2.45, 2.75) is 25.7 Å². The first-order valence-electron chi connectivity index (χ1n) is 4.47. The number of aliphatic carboxylic acids is 1. The Bertz CT molecular complexity index is 299. The maximum atomic E-state index is 11.0. The van der Waals surface area contributed by atoms with E-state index in [9.17, 15) is 4.79 Å². The van der Waals surface area contributed by atoms with Gasteiger partial charge in [0.25, 0.3) is 0 Å². The highest BCUT2D eigenvalue weighted by molar-refractivity contribution is 7.07. The molecule has 1 aliphatic rings. The second kappa shape index (κ2) is 3.14. The van der Waals surface area contributed by atoms with Crippen LogP contribution < -0.4 is 0 Å². The van der Waals surface area contributed by atoms with Gasteiger partial charge in [0.05, 0.1) is 5.41 Å². The van der Waals surface area contributed by atoms with Crippen molar-refractivity contribution in [2.24, 2.45) is 5.41 Å². The van der Waals surface area contributed by atoms with E-state index < -0.39 is 11.4 Å². The Hall–Kier alpha value is -0.830. The smallest absolute Gasteiger partial charge is 0.309 e. The minimum atomic E-state index is -0.620. The molecule has 0 unspecified atom stereocenters. The normalized spacial score (nSPS) is 19.4. The van der Waals surface area contributed by atoms with E-state index >= 15 is 0 Å². The van der Waals surface area contributed by atoms with Gasteiger partial charge in [-0.1, -0.05) is 6.42 Å². The van der Waals surface area contributed by atoms with Crippen LogP contribution in [0.4, 0.5) is 0 Å². The van der Waals surface area contributed by atoms with Gasteiger partial charge in [0.15, 0.2) is 0 Å². The Morgan fingerprint density at radius 3 is 2.77 bits per heavy atom. The van der Waals surface area contributed by atoms with E-state index in [-0.39, 0.29) is 0 Å². The fraction of sp³-hybridized carbons (Fsp3) is 0.500. The van der Waals surface area contributed by atoms with Crippen molar-refractivity contribution in [1.82, 2.24) is 0 Å². The summed E-state index contributed by atoms with van der Waals surface area (Å²) in [5, 5.41) is 13.1. The molecular formula is C10H12O2S. The molecule has 1 aliphatic carbocycles. The highest BCUT2D eigenvalue weighted by Crippen LogP contribution is 2.44. The Morgan fingerprint density at radius 1 is 1.62 bits per heavy atom. The molecule has 1 heterocycles. The van der Waals surface area contributed by atoms with Crippen LogP contribution in [0.25, 0.3) is 0 Å². The van der Waals surface area contributed by atoms with Crippen LogP contribution in [0.5, 0.6) is 0 Å². The summed E-state index contributed by atoms with van der Waals surface area (Å²) in [4.78, 5) is 11.0. The largest absolute Gasteiger partial charge is 0.481 e. The SMILES string of the molecule is O=C(O)C1(Cc2ccsc2)CCC1. The summed E-state index contributed by atoms with van der Waals surface area (Å²) in [5.74, 6) is -0.620. The molecule has 0 amide bonds.